The second-order valence-corrected chi connectivity index (χ2v) is 14.5. The lowest BCUT2D eigenvalue weighted by atomic mass is 9.38. The molecule has 4 fully saturated rings. The molecule has 4 aliphatic rings. The second kappa shape index (κ2) is 10.5. The van der Waals surface area contributed by atoms with Crippen LogP contribution in [0.2, 0.25) is 6.32 Å². The molecule has 2 saturated heterocycles. The van der Waals surface area contributed by atoms with Crippen molar-refractivity contribution in [3.05, 3.63) is 0 Å². The summed E-state index contributed by atoms with van der Waals surface area (Å²) >= 11 is 2.23. The monoisotopic (exact) mass is 662 g/mol. The predicted molar refractivity (Wildman–Crippen MR) is 152 cm³/mol. The van der Waals surface area contributed by atoms with E-state index in [-0.39, 0.29) is 34.6 Å². The molecule has 0 radical (unpaired) electrons. The second-order valence-electron chi connectivity index (χ2n) is 13.0. The van der Waals surface area contributed by atoms with Crippen LogP contribution in [-0.4, -0.2) is 75.6 Å². The van der Waals surface area contributed by atoms with Crippen molar-refractivity contribution in [1.82, 2.24) is 0 Å². The Labute approximate surface area is 246 Å². The number of hydrogen-bond donors (Lipinski definition) is 1. The summed E-state index contributed by atoms with van der Waals surface area (Å²) in [6.45, 7) is 15.1. The fourth-order valence-electron chi connectivity index (χ4n) is 8.57. The molecule has 2 aliphatic heterocycles. The number of ether oxygens (including phenoxy) is 3. The van der Waals surface area contributed by atoms with E-state index >= 15 is 0 Å². The highest BCUT2D eigenvalue weighted by atomic mass is 127. The number of Topliss-reactive ketones (excluding diaryl/α,β-unsaturated/α-hetero) is 1. The molecule has 2 saturated carbocycles. The largest absolute Gasteiger partial charge is 0.466 e. The van der Waals surface area contributed by atoms with E-state index in [2.05, 4.69) is 36.4 Å². The molecule has 11 heteroatoms. The molecule has 2 aliphatic carbocycles. The summed E-state index contributed by atoms with van der Waals surface area (Å²) in [5.74, 6) is -1.48. The Morgan fingerprint density at radius 3 is 2.46 bits per heavy atom. The van der Waals surface area contributed by atoms with Gasteiger partial charge in [-0.1, -0.05) is 50.3 Å². The predicted octanol–water partition coefficient (Wildman–Crippen LogP) is 4.05. The zero-order chi connectivity index (χ0) is 29.2. The highest BCUT2D eigenvalue weighted by Gasteiger charge is 2.84. The van der Waals surface area contributed by atoms with Crippen LogP contribution in [0.3, 0.4) is 0 Å². The third-order valence-electron chi connectivity index (χ3n) is 10.0. The zero-order valence-electron chi connectivity index (χ0n) is 24.5. The standard InChI is InChI=1S/C28H44BIO9/c1-9-29-37-19-13-14-24(4,5)22-21(34)23(36-16(3)31)27(8)28(39-29,26(19,22)7)18(32)15-25(6,38-27)17(30)11-12-20(33)35-10-2/h17,19,21-23,34H,9-15H2,1-8H3/t17?,19-,21-,22-,23-,25+,26-,27+,28-/m0/s1. The van der Waals surface area contributed by atoms with E-state index in [1.807, 2.05) is 20.8 Å². The molecule has 9 nitrogen and oxygen atoms in total. The van der Waals surface area contributed by atoms with Gasteiger partial charge in [-0.25, -0.2) is 0 Å². The number of aliphatic hydroxyl groups excluding tert-OH is 1. The molecule has 0 bridgehead atoms. The number of halogens is 1. The third-order valence-corrected chi connectivity index (χ3v) is 12.0. The van der Waals surface area contributed by atoms with Gasteiger partial charge < -0.3 is 28.6 Å². The van der Waals surface area contributed by atoms with E-state index in [4.69, 9.17) is 23.5 Å². The van der Waals surface area contributed by atoms with E-state index in [1.165, 1.54) is 6.92 Å². The van der Waals surface area contributed by atoms with Crippen LogP contribution in [0.4, 0.5) is 0 Å². The lowest BCUT2D eigenvalue weighted by Crippen LogP contribution is -2.90. The lowest BCUT2D eigenvalue weighted by Gasteiger charge is -2.75. The van der Waals surface area contributed by atoms with E-state index in [0.717, 1.165) is 6.42 Å². The van der Waals surface area contributed by atoms with Crippen molar-refractivity contribution in [3.8, 4) is 0 Å². The van der Waals surface area contributed by atoms with E-state index < -0.39 is 58.8 Å². The van der Waals surface area contributed by atoms with Gasteiger partial charge in [-0.05, 0) is 51.8 Å². The summed E-state index contributed by atoms with van der Waals surface area (Å²) < 4.78 is 31.0. The van der Waals surface area contributed by atoms with Crippen molar-refractivity contribution in [3.63, 3.8) is 0 Å². The first kappa shape index (κ1) is 31.2. The van der Waals surface area contributed by atoms with Crippen LogP contribution in [0.5, 0.6) is 0 Å². The molecule has 0 aromatic heterocycles. The van der Waals surface area contributed by atoms with Gasteiger partial charge in [0, 0.05) is 35.0 Å². The van der Waals surface area contributed by atoms with Gasteiger partial charge in [-0.3, -0.25) is 14.4 Å². The Kier molecular flexibility index (Phi) is 8.40. The molecule has 0 amide bonds. The molecular formula is C28H44BIO9. The minimum absolute atomic E-state index is 0.0494. The van der Waals surface area contributed by atoms with E-state index in [1.54, 1.807) is 13.8 Å². The number of esters is 2. The third kappa shape index (κ3) is 4.51. The maximum absolute atomic E-state index is 14.8. The van der Waals surface area contributed by atoms with Gasteiger partial charge in [0.05, 0.1) is 24.4 Å². The lowest BCUT2D eigenvalue weighted by molar-refractivity contribution is -0.381. The minimum Gasteiger partial charge on any atom is -0.466 e. The molecule has 1 unspecified atom stereocenters. The van der Waals surface area contributed by atoms with Crippen molar-refractivity contribution in [2.24, 2.45) is 16.7 Å². The first-order chi connectivity index (χ1) is 18.0. The van der Waals surface area contributed by atoms with Gasteiger partial charge in [0.1, 0.15) is 5.60 Å². The van der Waals surface area contributed by atoms with Gasteiger partial charge in [0.2, 0.25) is 0 Å². The zero-order valence-corrected chi connectivity index (χ0v) is 26.7. The van der Waals surface area contributed by atoms with Crippen molar-refractivity contribution < 1.29 is 43.0 Å². The number of rotatable bonds is 7. The van der Waals surface area contributed by atoms with Gasteiger partial charge in [0.15, 0.2) is 17.5 Å². The van der Waals surface area contributed by atoms with E-state index in [0.29, 0.717) is 25.8 Å². The fourth-order valence-corrected chi connectivity index (χ4v) is 9.22. The molecule has 2 heterocycles. The molecule has 4 rings (SSSR count). The maximum Gasteiger partial charge on any atom is 0.457 e. The smallest absolute Gasteiger partial charge is 0.457 e. The topological polar surface area (TPSA) is 118 Å². The first-order valence-corrected chi connectivity index (χ1v) is 15.5. The number of aliphatic hydroxyl groups is 1. The van der Waals surface area contributed by atoms with Crippen LogP contribution in [0.15, 0.2) is 0 Å². The Balaban J connectivity index is 1.88. The number of hydrogen-bond acceptors (Lipinski definition) is 9. The Bertz CT molecular complexity index is 1010. The molecule has 1 N–H and O–H groups in total. The van der Waals surface area contributed by atoms with Crippen molar-refractivity contribution >= 4 is 47.4 Å². The minimum atomic E-state index is -1.53. The Hall–Kier alpha value is -0.755. The number of carbonyl (C=O) groups is 3. The molecule has 0 aromatic carbocycles. The van der Waals surface area contributed by atoms with Crippen molar-refractivity contribution in [1.29, 1.82) is 0 Å². The summed E-state index contributed by atoms with van der Waals surface area (Å²) in [5.41, 5.74) is -5.41. The normalized spacial score (nSPS) is 43.6. The quantitative estimate of drug-likeness (QED) is 0.187. The van der Waals surface area contributed by atoms with Crippen molar-refractivity contribution in [2.45, 2.75) is 133 Å². The van der Waals surface area contributed by atoms with Gasteiger partial charge in [-0.2, -0.15) is 0 Å². The Morgan fingerprint density at radius 2 is 1.87 bits per heavy atom. The number of carbonyl (C=O) groups excluding carboxylic acids is 3. The summed E-state index contributed by atoms with van der Waals surface area (Å²) in [6, 6.07) is 0. The first-order valence-electron chi connectivity index (χ1n) is 14.3. The Morgan fingerprint density at radius 1 is 1.21 bits per heavy atom. The molecule has 0 aromatic rings. The van der Waals surface area contributed by atoms with Gasteiger partial charge in [-0.15, -0.1) is 0 Å². The molecule has 9 atom stereocenters. The molecule has 220 valence electrons. The highest BCUT2D eigenvalue weighted by molar-refractivity contribution is 14.1. The number of alkyl halides is 1. The SMILES string of the molecule is CCOC(=O)CCC(I)[C@@]1(C)CC(=O)[C@@]23OB(CC)O[C@H]4CCC(C)(C)[C@H]([C@H](O)[C@H](OC(C)=O)[C@@]2(C)O1)[C@]43C. The maximum atomic E-state index is 14.8. The van der Waals surface area contributed by atoms with Crippen LogP contribution in [-0.2, 0) is 37.9 Å². The van der Waals surface area contributed by atoms with Crippen LogP contribution in [0, 0.1) is 16.7 Å². The number of ketones is 1. The fraction of sp³-hybridized carbons (Fsp3) is 0.893. The molecule has 1 spiro atoms. The van der Waals surface area contributed by atoms with Crippen molar-refractivity contribution in [2.75, 3.05) is 6.61 Å². The average Bonchev–Trinajstić information content (AvgIpc) is 2.82. The highest BCUT2D eigenvalue weighted by Crippen LogP contribution is 2.70. The summed E-state index contributed by atoms with van der Waals surface area (Å²) in [4.78, 5) is 39.4. The molecular weight excluding hydrogens is 618 g/mol. The van der Waals surface area contributed by atoms with E-state index in [9.17, 15) is 19.5 Å². The van der Waals surface area contributed by atoms with Gasteiger partial charge >= 0.3 is 19.1 Å². The summed E-state index contributed by atoms with van der Waals surface area (Å²) in [7, 11) is -0.645. The van der Waals surface area contributed by atoms with Crippen LogP contribution in [0.1, 0.15) is 87.5 Å². The summed E-state index contributed by atoms with van der Waals surface area (Å²) in [5, 5.41) is 12.1. The summed E-state index contributed by atoms with van der Waals surface area (Å²) in [6.07, 6.45) is 0.0587. The van der Waals surface area contributed by atoms with Crippen LogP contribution in [0.25, 0.3) is 0 Å². The molecule has 39 heavy (non-hydrogen) atoms. The average molecular weight is 662 g/mol. The van der Waals surface area contributed by atoms with Crippen LogP contribution >= 0.6 is 22.6 Å². The van der Waals surface area contributed by atoms with Gasteiger partial charge in [0.25, 0.3) is 0 Å². The van der Waals surface area contributed by atoms with Crippen LogP contribution < -0.4 is 0 Å².